The van der Waals surface area contributed by atoms with E-state index >= 15 is 0 Å². The lowest BCUT2D eigenvalue weighted by atomic mass is 10.1. The number of non-ortho nitro benzene ring substituents is 1. The van der Waals surface area contributed by atoms with Gasteiger partial charge in [-0.1, -0.05) is 29.8 Å². The van der Waals surface area contributed by atoms with Crippen LogP contribution >= 0.6 is 11.6 Å². The van der Waals surface area contributed by atoms with Gasteiger partial charge in [-0.25, -0.2) is 0 Å². The molecule has 6 nitrogen and oxygen atoms in total. The summed E-state index contributed by atoms with van der Waals surface area (Å²) in [5.41, 5.74) is 1.09. The Bertz CT molecular complexity index is 839. The van der Waals surface area contributed by atoms with Gasteiger partial charge in [0.15, 0.2) is 0 Å². The Morgan fingerprint density at radius 1 is 1.25 bits per heavy atom. The summed E-state index contributed by atoms with van der Waals surface area (Å²) in [6.45, 7) is 0.192. The van der Waals surface area contributed by atoms with Gasteiger partial charge in [-0.05, 0) is 35.4 Å². The molecular weight excluding hydrogens is 330 g/mol. The van der Waals surface area contributed by atoms with E-state index in [-0.39, 0.29) is 17.8 Å². The average molecular weight is 342 g/mol. The van der Waals surface area contributed by atoms with Gasteiger partial charge in [-0.2, -0.15) is 5.26 Å². The third-order valence-corrected chi connectivity index (χ3v) is 3.55. The van der Waals surface area contributed by atoms with Crippen LogP contribution in [0.15, 0.2) is 54.1 Å². The van der Waals surface area contributed by atoms with Crippen LogP contribution in [0.5, 0.6) is 0 Å². The average Bonchev–Trinajstić information content (AvgIpc) is 2.59. The van der Waals surface area contributed by atoms with E-state index < -0.39 is 10.8 Å². The van der Waals surface area contributed by atoms with Gasteiger partial charge in [0.05, 0.1) is 4.92 Å². The lowest BCUT2D eigenvalue weighted by molar-refractivity contribution is -0.384. The summed E-state index contributed by atoms with van der Waals surface area (Å²) >= 11 is 6.01. The zero-order valence-corrected chi connectivity index (χ0v) is 13.2. The number of amides is 1. The Balaban J connectivity index is 2.09. The Morgan fingerprint density at radius 2 is 1.92 bits per heavy atom. The number of nitro groups is 1. The van der Waals surface area contributed by atoms with E-state index in [0.29, 0.717) is 10.6 Å². The molecule has 1 amide bonds. The molecule has 1 N–H and O–H groups in total. The molecule has 0 radical (unpaired) electrons. The molecule has 0 saturated carbocycles. The van der Waals surface area contributed by atoms with Crippen molar-refractivity contribution in [2.24, 2.45) is 0 Å². The van der Waals surface area contributed by atoms with Crippen molar-refractivity contribution < 1.29 is 9.72 Å². The summed E-state index contributed by atoms with van der Waals surface area (Å²) in [4.78, 5) is 22.2. The number of hydrogen-bond donors (Lipinski definition) is 1. The Kier molecular flexibility index (Phi) is 5.66. The number of carbonyl (C=O) groups is 1. The summed E-state index contributed by atoms with van der Waals surface area (Å²) in [5, 5.41) is 22.9. The van der Waals surface area contributed by atoms with Crippen LogP contribution < -0.4 is 5.32 Å². The molecule has 0 spiro atoms. The maximum Gasteiger partial charge on any atom is 0.269 e. The summed E-state index contributed by atoms with van der Waals surface area (Å²) < 4.78 is 0. The molecule has 2 aromatic carbocycles. The number of rotatable bonds is 5. The van der Waals surface area contributed by atoms with Crippen molar-refractivity contribution in [3.05, 3.63) is 80.4 Å². The van der Waals surface area contributed by atoms with Crippen LogP contribution in [0.4, 0.5) is 5.69 Å². The fourth-order valence-corrected chi connectivity index (χ4v) is 2.12. The molecule has 0 aromatic heterocycles. The van der Waals surface area contributed by atoms with Crippen LogP contribution in [0.25, 0.3) is 6.08 Å². The van der Waals surface area contributed by atoms with Crippen LogP contribution in [0.3, 0.4) is 0 Å². The topological polar surface area (TPSA) is 96.0 Å². The normalized spacial score (nSPS) is 10.8. The molecule has 0 fully saturated rings. The van der Waals surface area contributed by atoms with Gasteiger partial charge >= 0.3 is 0 Å². The first-order valence-corrected chi connectivity index (χ1v) is 7.27. The number of hydrogen-bond acceptors (Lipinski definition) is 4. The number of carbonyl (C=O) groups excluding carboxylic acids is 1. The van der Waals surface area contributed by atoms with Crippen molar-refractivity contribution in [2.45, 2.75) is 6.54 Å². The largest absolute Gasteiger partial charge is 0.347 e. The van der Waals surface area contributed by atoms with Crippen molar-refractivity contribution in [3.63, 3.8) is 0 Å². The van der Waals surface area contributed by atoms with E-state index in [9.17, 15) is 14.9 Å². The molecule has 0 saturated heterocycles. The standard InChI is InChI=1S/C17H12ClN3O3/c18-16-4-2-1-3-13(16)11-20-17(22)14(10-19)9-12-5-7-15(8-6-12)21(23)24/h1-9H,11H2,(H,20,22). The van der Waals surface area contributed by atoms with Gasteiger partial charge in [0.1, 0.15) is 11.6 Å². The highest BCUT2D eigenvalue weighted by Gasteiger charge is 2.10. The molecule has 0 aliphatic heterocycles. The SMILES string of the molecule is N#CC(=Cc1ccc([N+](=O)[O-])cc1)C(=O)NCc1ccccc1Cl. The number of nitro benzene ring substituents is 1. The van der Waals surface area contributed by atoms with Crippen LogP contribution in [0, 0.1) is 21.4 Å². The van der Waals surface area contributed by atoms with Crippen molar-refractivity contribution in [1.29, 1.82) is 5.26 Å². The van der Waals surface area contributed by atoms with E-state index in [4.69, 9.17) is 16.9 Å². The van der Waals surface area contributed by atoms with Gasteiger partial charge in [0.25, 0.3) is 11.6 Å². The predicted octanol–water partition coefficient (Wildman–Crippen LogP) is 3.47. The first kappa shape index (κ1) is 17.2. The maximum absolute atomic E-state index is 12.1. The van der Waals surface area contributed by atoms with Crippen LogP contribution in [0.1, 0.15) is 11.1 Å². The summed E-state index contributed by atoms with van der Waals surface area (Å²) in [7, 11) is 0. The third-order valence-electron chi connectivity index (χ3n) is 3.18. The minimum absolute atomic E-state index is 0.0613. The van der Waals surface area contributed by atoms with E-state index in [1.165, 1.54) is 30.3 Å². The van der Waals surface area contributed by atoms with Crippen LogP contribution in [-0.2, 0) is 11.3 Å². The monoisotopic (exact) mass is 341 g/mol. The van der Waals surface area contributed by atoms with Crippen molar-refractivity contribution in [3.8, 4) is 6.07 Å². The van der Waals surface area contributed by atoms with E-state index in [2.05, 4.69) is 5.32 Å². The molecule has 7 heteroatoms. The maximum atomic E-state index is 12.1. The van der Waals surface area contributed by atoms with Gasteiger partial charge in [0.2, 0.25) is 0 Å². The zero-order chi connectivity index (χ0) is 17.5. The van der Waals surface area contributed by atoms with Crippen molar-refractivity contribution >= 4 is 29.3 Å². The Hall–Kier alpha value is -3.17. The predicted molar refractivity (Wildman–Crippen MR) is 90.0 cm³/mol. The molecule has 0 bridgehead atoms. The molecule has 0 aliphatic carbocycles. The van der Waals surface area contributed by atoms with E-state index in [1.807, 2.05) is 6.07 Å². The van der Waals surface area contributed by atoms with E-state index in [1.54, 1.807) is 24.3 Å². The summed E-state index contributed by atoms with van der Waals surface area (Å²) in [6.07, 6.45) is 1.37. The van der Waals surface area contributed by atoms with Crippen molar-refractivity contribution in [1.82, 2.24) is 5.32 Å². The fourth-order valence-electron chi connectivity index (χ4n) is 1.92. The molecular formula is C17H12ClN3O3. The lowest BCUT2D eigenvalue weighted by Crippen LogP contribution is -2.24. The number of nitriles is 1. The molecule has 0 atom stereocenters. The lowest BCUT2D eigenvalue weighted by Gasteiger charge is -2.06. The van der Waals surface area contributed by atoms with Gasteiger partial charge < -0.3 is 5.32 Å². The second-order valence-electron chi connectivity index (χ2n) is 4.79. The summed E-state index contributed by atoms with van der Waals surface area (Å²) in [6, 6.07) is 14.4. The zero-order valence-electron chi connectivity index (χ0n) is 12.4. The summed E-state index contributed by atoms with van der Waals surface area (Å²) in [5.74, 6) is -0.546. The quantitative estimate of drug-likeness (QED) is 0.390. The smallest absolute Gasteiger partial charge is 0.269 e. The van der Waals surface area contributed by atoms with Crippen molar-refractivity contribution in [2.75, 3.05) is 0 Å². The van der Waals surface area contributed by atoms with Gasteiger partial charge in [-0.15, -0.1) is 0 Å². The molecule has 0 heterocycles. The number of nitrogens with zero attached hydrogens (tertiary/aromatic N) is 2. The van der Waals surface area contributed by atoms with Crippen LogP contribution in [0.2, 0.25) is 5.02 Å². The highest BCUT2D eigenvalue weighted by molar-refractivity contribution is 6.31. The fraction of sp³-hybridized carbons (Fsp3) is 0.0588. The number of halogens is 1. The highest BCUT2D eigenvalue weighted by Crippen LogP contribution is 2.16. The minimum atomic E-state index is -0.546. The Morgan fingerprint density at radius 3 is 2.50 bits per heavy atom. The van der Waals surface area contributed by atoms with Gasteiger partial charge in [-0.3, -0.25) is 14.9 Å². The molecule has 0 aliphatic rings. The second kappa shape index (κ2) is 7.90. The molecule has 120 valence electrons. The second-order valence-corrected chi connectivity index (χ2v) is 5.20. The molecule has 24 heavy (non-hydrogen) atoms. The van der Waals surface area contributed by atoms with Crippen LogP contribution in [-0.4, -0.2) is 10.8 Å². The molecule has 0 unspecified atom stereocenters. The number of nitrogens with one attached hydrogen (secondary N) is 1. The number of benzene rings is 2. The highest BCUT2D eigenvalue weighted by atomic mass is 35.5. The first-order chi connectivity index (χ1) is 11.5. The van der Waals surface area contributed by atoms with Gasteiger partial charge in [0, 0.05) is 23.7 Å². The van der Waals surface area contributed by atoms with E-state index in [0.717, 1.165) is 5.56 Å². The first-order valence-electron chi connectivity index (χ1n) is 6.89. The minimum Gasteiger partial charge on any atom is -0.347 e. The third kappa shape index (κ3) is 4.41. The Labute approximate surface area is 143 Å². The molecule has 2 rings (SSSR count). The molecule has 2 aromatic rings.